The number of aromatic nitrogens is 3. The van der Waals surface area contributed by atoms with Gasteiger partial charge in [0.1, 0.15) is 0 Å². The molecule has 2 aliphatic rings. The van der Waals surface area contributed by atoms with Crippen LogP contribution in [0.15, 0.2) is 6.07 Å². The Balaban J connectivity index is 1.55. The van der Waals surface area contributed by atoms with E-state index in [1.807, 2.05) is 31.9 Å². The summed E-state index contributed by atoms with van der Waals surface area (Å²) < 4.78 is 7.51. The molecule has 2 fully saturated rings. The van der Waals surface area contributed by atoms with Gasteiger partial charge >= 0.3 is 0 Å². The standard InChI is InChI=1S/C17H22N4O2/c1-11-9-12(2)18-15-14(11)16(19-20(15)3)23-10-13(22)21-8-4-5-17(21)6-7-17/h9H,4-8,10H2,1-3H3. The zero-order valence-corrected chi connectivity index (χ0v) is 13.9. The summed E-state index contributed by atoms with van der Waals surface area (Å²) in [5, 5.41) is 5.30. The fourth-order valence-electron chi connectivity index (χ4n) is 3.85. The number of fused-ring (bicyclic) bond motifs is 1. The number of likely N-dealkylation sites (tertiary alicyclic amines) is 1. The minimum absolute atomic E-state index is 0.0567. The Labute approximate surface area is 135 Å². The van der Waals surface area contributed by atoms with Crippen molar-refractivity contribution in [3.8, 4) is 5.88 Å². The van der Waals surface area contributed by atoms with Crippen molar-refractivity contribution in [3.63, 3.8) is 0 Å². The molecule has 2 aromatic rings. The lowest BCUT2D eigenvalue weighted by molar-refractivity contribution is -0.134. The predicted molar refractivity (Wildman–Crippen MR) is 86.4 cm³/mol. The fourth-order valence-corrected chi connectivity index (χ4v) is 3.85. The van der Waals surface area contributed by atoms with Crippen LogP contribution >= 0.6 is 0 Å². The Kier molecular flexibility index (Phi) is 3.11. The molecule has 0 atom stereocenters. The third-order valence-electron chi connectivity index (χ3n) is 5.14. The molecule has 2 aromatic heterocycles. The van der Waals surface area contributed by atoms with Gasteiger partial charge in [-0.3, -0.25) is 4.79 Å². The lowest BCUT2D eigenvalue weighted by Gasteiger charge is -2.24. The highest BCUT2D eigenvalue weighted by Crippen LogP contribution is 2.49. The molecule has 0 radical (unpaired) electrons. The van der Waals surface area contributed by atoms with Crippen molar-refractivity contribution < 1.29 is 9.53 Å². The normalized spacial score (nSPS) is 18.8. The van der Waals surface area contributed by atoms with E-state index in [-0.39, 0.29) is 18.1 Å². The molecule has 1 spiro atoms. The molecule has 4 rings (SSSR count). The second-order valence-corrected chi connectivity index (χ2v) is 6.87. The number of carbonyl (C=O) groups is 1. The third kappa shape index (κ3) is 2.28. The molecule has 23 heavy (non-hydrogen) atoms. The van der Waals surface area contributed by atoms with E-state index < -0.39 is 0 Å². The summed E-state index contributed by atoms with van der Waals surface area (Å²) in [7, 11) is 1.85. The SMILES string of the molecule is Cc1cc(C)c2c(OCC(=O)N3CCCC34CC4)nn(C)c2n1. The zero-order valence-electron chi connectivity index (χ0n) is 13.9. The maximum Gasteiger partial charge on any atom is 0.261 e. The van der Waals surface area contributed by atoms with E-state index in [4.69, 9.17) is 4.74 Å². The van der Waals surface area contributed by atoms with Crippen LogP contribution in [0.2, 0.25) is 0 Å². The minimum Gasteiger partial charge on any atom is -0.466 e. The second-order valence-electron chi connectivity index (χ2n) is 6.87. The van der Waals surface area contributed by atoms with Gasteiger partial charge in [0.25, 0.3) is 5.91 Å². The average molecular weight is 314 g/mol. The maximum atomic E-state index is 12.5. The van der Waals surface area contributed by atoms with Crippen molar-refractivity contribution in [3.05, 3.63) is 17.3 Å². The number of ether oxygens (including phenoxy) is 1. The van der Waals surface area contributed by atoms with E-state index in [0.717, 1.165) is 54.5 Å². The summed E-state index contributed by atoms with van der Waals surface area (Å²) in [5.41, 5.74) is 2.99. The molecule has 0 unspecified atom stereocenters. The van der Waals surface area contributed by atoms with Gasteiger partial charge in [0.15, 0.2) is 12.3 Å². The molecule has 1 aliphatic carbocycles. The molecule has 1 amide bonds. The molecular formula is C17H22N4O2. The van der Waals surface area contributed by atoms with E-state index in [0.29, 0.717) is 5.88 Å². The Morgan fingerprint density at radius 3 is 2.87 bits per heavy atom. The molecule has 0 bridgehead atoms. The largest absolute Gasteiger partial charge is 0.466 e. The van der Waals surface area contributed by atoms with Crippen molar-refractivity contribution in [1.29, 1.82) is 0 Å². The number of nitrogens with zero attached hydrogens (tertiary/aromatic N) is 4. The number of rotatable bonds is 3. The lowest BCUT2D eigenvalue weighted by atomic mass is 10.2. The quantitative estimate of drug-likeness (QED) is 0.870. The molecule has 122 valence electrons. The first-order valence-electron chi connectivity index (χ1n) is 8.24. The molecule has 0 aromatic carbocycles. The minimum atomic E-state index is 0.0567. The van der Waals surface area contributed by atoms with Gasteiger partial charge in [0.05, 0.1) is 5.39 Å². The number of hydrogen-bond donors (Lipinski definition) is 0. The first-order chi connectivity index (χ1) is 11.0. The summed E-state index contributed by atoms with van der Waals surface area (Å²) >= 11 is 0. The molecule has 1 saturated heterocycles. The van der Waals surface area contributed by atoms with Gasteiger partial charge in [-0.05, 0) is 51.2 Å². The molecule has 0 N–H and O–H groups in total. The molecule has 3 heterocycles. The van der Waals surface area contributed by atoms with Crippen molar-refractivity contribution in [2.45, 2.75) is 45.1 Å². The Bertz CT molecular complexity index is 791. The van der Waals surface area contributed by atoms with Gasteiger partial charge in [-0.1, -0.05) is 0 Å². The van der Waals surface area contributed by atoms with Crippen molar-refractivity contribution >= 4 is 16.9 Å². The lowest BCUT2D eigenvalue weighted by Crippen LogP contribution is -2.40. The average Bonchev–Trinajstić information content (AvgIpc) is 3.02. The molecule has 1 aliphatic heterocycles. The topological polar surface area (TPSA) is 60.2 Å². The van der Waals surface area contributed by atoms with Crippen molar-refractivity contribution in [2.75, 3.05) is 13.2 Å². The smallest absolute Gasteiger partial charge is 0.261 e. The van der Waals surface area contributed by atoms with Crippen LogP contribution in [0.5, 0.6) is 5.88 Å². The summed E-state index contributed by atoms with van der Waals surface area (Å²) in [6.07, 6.45) is 4.55. The van der Waals surface area contributed by atoms with Crippen LogP contribution in [0.1, 0.15) is 36.9 Å². The Hall–Kier alpha value is -2.11. The first-order valence-corrected chi connectivity index (χ1v) is 8.24. The maximum absolute atomic E-state index is 12.5. The number of carbonyl (C=O) groups excluding carboxylic acids is 1. The number of pyridine rings is 1. The summed E-state index contributed by atoms with van der Waals surface area (Å²) in [5.74, 6) is 0.585. The van der Waals surface area contributed by atoms with Gasteiger partial charge in [0.2, 0.25) is 5.88 Å². The highest BCUT2D eigenvalue weighted by atomic mass is 16.5. The van der Waals surface area contributed by atoms with E-state index in [1.165, 1.54) is 0 Å². The highest BCUT2D eigenvalue weighted by Gasteiger charge is 2.52. The fraction of sp³-hybridized carbons (Fsp3) is 0.588. The monoisotopic (exact) mass is 314 g/mol. The van der Waals surface area contributed by atoms with Crippen LogP contribution in [0.25, 0.3) is 11.0 Å². The number of amides is 1. The third-order valence-corrected chi connectivity index (χ3v) is 5.14. The highest BCUT2D eigenvalue weighted by molar-refractivity contribution is 5.86. The number of hydrogen-bond acceptors (Lipinski definition) is 4. The first kappa shape index (κ1) is 14.5. The van der Waals surface area contributed by atoms with Crippen LogP contribution in [-0.2, 0) is 11.8 Å². The van der Waals surface area contributed by atoms with Gasteiger partial charge in [-0.15, -0.1) is 5.10 Å². The van der Waals surface area contributed by atoms with Gasteiger partial charge in [-0.25, -0.2) is 9.67 Å². The van der Waals surface area contributed by atoms with Gasteiger partial charge < -0.3 is 9.64 Å². The van der Waals surface area contributed by atoms with E-state index in [2.05, 4.69) is 10.1 Å². The van der Waals surface area contributed by atoms with Crippen LogP contribution in [0.4, 0.5) is 0 Å². The molecular weight excluding hydrogens is 292 g/mol. The molecule has 6 nitrogen and oxygen atoms in total. The molecule has 1 saturated carbocycles. The Morgan fingerprint density at radius 1 is 1.35 bits per heavy atom. The second kappa shape index (κ2) is 4.94. The summed E-state index contributed by atoms with van der Waals surface area (Å²) in [4.78, 5) is 19.0. The van der Waals surface area contributed by atoms with E-state index in [1.54, 1.807) is 4.68 Å². The number of aryl methyl sites for hydroxylation is 3. The predicted octanol–water partition coefficient (Wildman–Crippen LogP) is 2.12. The van der Waals surface area contributed by atoms with Crippen molar-refractivity contribution in [1.82, 2.24) is 19.7 Å². The van der Waals surface area contributed by atoms with Gasteiger partial charge in [0, 0.05) is 24.8 Å². The Morgan fingerprint density at radius 2 is 2.13 bits per heavy atom. The van der Waals surface area contributed by atoms with Crippen LogP contribution in [-0.4, -0.2) is 44.3 Å². The van der Waals surface area contributed by atoms with Crippen molar-refractivity contribution in [2.24, 2.45) is 7.05 Å². The summed E-state index contributed by atoms with van der Waals surface area (Å²) in [6, 6.07) is 2.01. The van der Waals surface area contributed by atoms with Crippen LogP contribution in [0, 0.1) is 13.8 Å². The molecule has 6 heteroatoms. The van der Waals surface area contributed by atoms with Crippen LogP contribution in [0.3, 0.4) is 0 Å². The van der Waals surface area contributed by atoms with Gasteiger partial charge in [-0.2, -0.15) is 0 Å². The van der Waals surface area contributed by atoms with Crippen LogP contribution < -0.4 is 4.74 Å². The zero-order chi connectivity index (χ0) is 16.2. The van der Waals surface area contributed by atoms with E-state index >= 15 is 0 Å². The van der Waals surface area contributed by atoms with E-state index in [9.17, 15) is 4.79 Å². The summed E-state index contributed by atoms with van der Waals surface area (Å²) in [6.45, 7) is 4.91.